The molecule has 0 unspecified atom stereocenters. The van der Waals surface area contributed by atoms with Gasteiger partial charge in [-0.15, -0.1) is 0 Å². The molecule has 5 aromatic rings. The van der Waals surface area contributed by atoms with Crippen molar-refractivity contribution in [1.82, 2.24) is 5.32 Å². The van der Waals surface area contributed by atoms with Gasteiger partial charge in [0.1, 0.15) is 30.0 Å². The topological polar surface area (TPSA) is 75.2 Å². The van der Waals surface area contributed by atoms with Crippen LogP contribution < -0.4 is 5.32 Å². The lowest BCUT2D eigenvalue weighted by Gasteiger charge is -2.47. The molecule has 0 bridgehead atoms. The summed E-state index contributed by atoms with van der Waals surface area (Å²) >= 11 is 0. The van der Waals surface area contributed by atoms with Crippen LogP contribution in [0.5, 0.6) is 0 Å². The predicted molar refractivity (Wildman–Crippen MR) is 221 cm³/mol. The van der Waals surface area contributed by atoms with Gasteiger partial charge in [0.2, 0.25) is 5.91 Å². The molecule has 6 rings (SSSR count). The fourth-order valence-electron chi connectivity index (χ4n) is 7.56. The number of benzene rings is 5. The summed E-state index contributed by atoms with van der Waals surface area (Å²) in [5.74, 6) is -0.201. The Balaban J connectivity index is 1.38. The number of hydrogen-bond donors (Lipinski definition) is 1. The number of ether oxygens (including phenoxy) is 5. The molecule has 1 aliphatic heterocycles. The molecule has 5 aromatic carbocycles. The van der Waals surface area contributed by atoms with E-state index in [2.05, 4.69) is 48.6 Å². The summed E-state index contributed by atoms with van der Waals surface area (Å²) in [6.07, 6.45) is 4.03. The van der Waals surface area contributed by atoms with Crippen LogP contribution >= 0.6 is 0 Å². The molecule has 7 heteroatoms. The average molecular weight is 756 g/mol. The van der Waals surface area contributed by atoms with Gasteiger partial charge in [-0.3, -0.25) is 4.79 Å². The number of rotatable bonds is 21. The van der Waals surface area contributed by atoms with E-state index < -0.39 is 36.2 Å². The third-order valence-electron chi connectivity index (χ3n) is 10.4. The van der Waals surface area contributed by atoms with E-state index in [-0.39, 0.29) is 12.5 Å². The second-order valence-corrected chi connectivity index (χ2v) is 14.5. The van der Waals surface area contributed by atoms with Crippen molar-refractivity contribution in [2.75, 3.05) is 13.2 Å². The Hall–Kier alpha value is -4.63. The Morgan fingerprint density at radius 2 is 1.04 bits per heavy atom. The third kappa shape index (κ3) is 11.0. The van der Waals surface area contributed by atoms with Gasteiger partial charge in [-0.1, -0.05) is 191 Å². The van der Waals surface area contributed by atoms with Crippen LogP contribution in [0.4, 0.5) is 0 Å². The first-order valence-electron chi connectivity index (χ1n) is 20.2. The standard InChI is InChI=1S/C49H57NO6/c1-3-4-5-6-7-23-34-52-48-45(50-38(2)51)47(54-36-40-26-15-9-16-27-40)46(53-35-39-24-13-8-14-25-39)44(56-48)37-55-49(41-28-17-10-18-29-41,42-30-19-11-20-31-42)43-32-21-12-22-33-43/h8-22,24-33,44-48H,3-7,23,34-37H2,1-2H3,(H,50,51)/t44-,45-,46-,47-,48+/m1/s1. The molecule has 1 amide bonds. The van der Waals surface area contributed by atoms with E-state index >= 15 is 0 Å². The number of nitrogens with one attached hydrogen (secondary N) is 1. The van der Waals surface area contributed by atoms with E-state index in [1.165, 1.54) is 26.2 Å². The monoisotopic (exact) mass is 755 g/mol. The van der Waals surface area contributed by atoms with Gasteiger partial charge in [0.15, 0.2) is 6.29 Å². The Morgan fingerprint density at radius 3 is 1.52 bits per heavy atom. The first-order chi connectivity index (χ1) is 27.6. The molecular weight excluding hydrogens is 699 g/mol. The zero-order valence-electron chi connectivity index (χ0n) is 32.8. The summed E-state index contributed by atoms with van der Waals surface area (Å²) in [7, 11) is 0. The number of amides is 1. The summed E-state index contributed by atoms with van der Waals surface area (Å²) in [6.45, 7) is 4.99. The molecule has 1 heterocycles. The maximum atomic E-state index is 12.9. The highest BCUT2D eigenvalue weighted by Gasteiger charge is 2.50. The molecule has 7 nitrogen and oxygen atoms in total. The maximum absolute atomic E-state index is 12.9. The molecule has 5 atom stereocenters. The lowest BCUT2D eigenvalue weighted by Crippen LogP contribution is -2.66. The maximum Gasteiger partial charge on any atom is 0.217 e. The summed E-state index contributed by atoms with van der Waals surface area (Å²) in [5, 5.41) is 3.15. The van der Waals surface area contributed by atoms with E-state index in [9.17, 15) is 4.79 Å². The van der Waals surface area contributed by atoms with Crippen molar-refractivity contribution >= 4 is 5.91 Å². The minimum absolute atomic E-state index is 0.132. The van der Waals surface area contributed by atoms with E-state index in [1.54, 1.807) is 0 Å². The summed E-state index contributed by atoms with van der Waals surface area (Å²) in [4.78, 5) is 12.9. The van der Waals surface area contributed by atoms with Crippen LogP contribution in [0.25, 0.3) is 0 Å². The molecule has 1 N–H and O–H groups in total. The zero-order valence-corrected chi connectivity index (χ0v) is 32.8. The van der Waals surface area contributed by atoms with Crippen molar-refractivity contribution in [1.29, 1.82) is 0 Å². The van der Waals surface area contributed by atoms with Crippen molar-refractivity contribution in [3.63, 3.8) is 0 Å². The molecule has 0 saturated carbocycles. The van der Waals surface area contributed by atoms with Gasteiger partial charge in [-0.05, 0) is 34.2 Å². The smallest absolute Gasteiger partial charge is 0.217 e. The Bertz CT molecular complexity index is 1730. The first kappa shape index (κ1) is 41.0. The lowest BCUT2D eigenvalue weighted by molar-refractivity contribution is -0.293. The quantitative estimate of drug-likeness (QED) is 0.0594. The zero-order chi connectivity index (χ0) is 38.8. The van der Waals surface area contributed by atoms with E-state index in [0.717, 1.165) is 47.1 Å². The van der Waals surface area contributed by atoms with Gasteiger partial charge >= 0.3 is 0 Å². The summed E-state index contributed by atoms with van der Waals surface area (Å²) in [6, 6.07) is 50.4. The highest BCUT2D eigenvalue weighted by atomic mass is 16.7. The van der Waals surface area contributed by atoms with Crippen molar-refractivity contribution in [2.45, 2.75) is 102 Å². The van der Waals surface area contributed by atoms with Gasteiger partial charge in [-0.2, -0.15) is 0 Å². The van der Waals surface area contributed by atoms with Crippen LogP contribution in [0.1, 0.15) is 80.2 Å². The van der Waals surface area contributed by atoms with Gasteiger partial charge in [0.25, 0.3) is 0 Å². The SMILES string of the molecule is CCCCCCCCO[C@H]1O[C@H](COC(c2ccccc2)(c2ccccc2)c2ccccc2)[C@@H](OCc2ccccc2)[C@H](OCc2ccccc2)[C@H]1NC(C)=O. The molecule has 1 saturated heterocycles. The summed E-state index contributed by atoms with van der Waals surface area (Å²) in [5.41, 5.74) is 3.99. The summed E-state index contributed by atoms with van der Waals surface area (Å²) < 4.78 is 34.6. The van der Waals surface area contributed by atoms with Gasteiger partial charge in [0.05, 0.1) is 19.8 Å². The van der Waals surface area contributed by atoms with Gasteiger partial charge in [-0.25, -0.2) is 0 Å². The predicted octanol–water partition coefficient (Wildman–Crippen LogP) is 9.77. The molecule has 0 aromatic heterocycles. The Kier molecular flexibility index (Phi) is 15.8. The number of carbonyl (C=O) groups is 1. The number of hydrogen-bond acceptors (Lipinski definition) is 6. The van der Waals surface area contributed by atoms with Crippen LogP contribution in [-0.2, 0) is 47.3 Å². The van der Waals surface area contributed by atoms with Crippen LogP contribution in [0.15, 0.2) is 152 Å². The van der Waals surface area contributed by atoms with Crippen LogP contribution in [0.3, 0.4) is 0 Å². The second-order valence-electron chi connectivity index (χ2n) is 14.5. The lowest BCUT2D eigenvalue weighted by atomic mass is 9.80. The fraction of sp³-hybridized carbons (Fsp3) is 0.367. The van der Waals surface area contributed by atoms with Crippen molar-refractivity contribution < 1.29 is 28.5 Å². The van der Waals surface area contributed by atoms with E-state index in [1.807, 2.05) is 115 Å². The molecule has 294 valence electrons. The minimum atomic E-state index is -0.985. The number of carbonyl (C=O) groups excluding carboxylic acids is 1. The van der Waals surface area contributed by atoms with E-state index in [0.29, 0.717) is 19.8 Å². The molecule has 0 spiro atoms. The molecule has 56 heavy (non-hydrogen) atoms. The minimum Gasteiger partial charge on any atom is -0.368 e. The van der Waals surface area contributed by atoms with Crippen LogP contribution in [0, 0.1) is 0 Å². The first-order valence-corrected chi connectivity index (χ1v) is 20.2. The van der Waals surface area contributed by atoms with Crippen molar-refractivity contribution in [2.24, 2.45) is 0 Å². The van der Waals surface area contributed by atoms with Crippen LogP contribution in [-0.4, -0.2) is 49.8 Å². The van der Waals surface area contributed by atoms with Crippen molar-refractivity contribution in [3.05, 3.63) is 179 Å². The molecule has 0 radical (unpaired) electrons. The molecular formula is C49H57NO6. The molecule has 0 aliphatic carbocycles. The van der Waals surface area contributed by atoms with Crippen molar-refractivity contribution in [3.8, 4) is 0 Å². The van der Waals surface area contributed by atoms with Gasteiger partial charge < -0.3 is 29.0 Å². The Morgan fingerprint density at radius 1 is 0.589 bits per heavy atom. The normalized spacial score (nSPS) is 19.7. The third-order valence-corrected chi connectivity index (χ3v) is 10.4. The number of unbranched alkanes of at least 4 members (excludes halogenated alkanes) is 5. The average Bonchev–Trinajstić information content (AvgIpc) is 3.25. The Labute approximate surface area is 333 Å². The van der Waals surface area contributed by atoms with Gasteiger partial charge in [0, 0.05) is 13.5 Å². The van der Waals surface area contributed by atoms with E-state index in [4.69, 9.17) is 23.7 Å². The largest absolute Gasteiger partial charge is 0.368 e. The highest BCUT2D eigenvalue weighted by molar-refractivity contribution is 5.73. The highest BCUT2D eigenvalue weighted by Crippen LogP contribution is 2.41. The molecule has 1 fully saturated rings. The fourth-order valence-corrected chi connectivity index (χ4v) is 7.56. The molecule has 1 aliphatic rings. The second kappa shape index (κ2) is 21.6. The van der Waals surface area contributed by atoms with Crippen LogP contribution in [0.2, 0.25) is 0 Å².